The first-order valence-corrected chi connectivity index (χ1v) is 15.5. The molecule has 1 heterocycles. The first-order chi connectivity index (χ1) is 21.3. The molecule has 0 aromatic heterocycles. The van der Waals surface area contributed by atoms with E-state index in [0.29, 0.717) is 28.0 Å². The van der Waals surface area contributed by atoms with Crippen molar-refractivity contribution in [2.75, 3.05) is 17.5 Å². The Bertz CT molecular complexity index is 1830. The summed E-state index contributed by atoms with van der Waals surface area (Å²) in [5.74, 6) is -1.17. The number of carbonyl (C=O) groups excluding carboxylic acids is 1. The van der Waals surface area contributed by atoms with Gasteiger partial charge < -0.3 is 15.2 Å². The highest BCUT2D eigenvalue weighted by Crippen LogP contribution is 2.41. The van der Waals surface area contributed by atoms with E-state index in [4.69, 9.17) is 21.4 Å². The lowest BCUT2D eigenvalue weighted by Crippen LogP contribution is -2.48. The molecule has 8 nitrogen and oxygen atoms in total. The van der Waals surface area contributed by atoms with E-state index in [-0.39, 0.29) is 42.8 Å². The van der Waals surface area contributed by atoms with E-state index in [9.17, 15) is 31.2 Å². The number of alkyl halides is 3. The first kappa shape index (κ1) is 31.9. The summed E-state index contributed by atoms with van der Waals surface area (Å²) in [5.41, 5.74) is 0.182. The summed E-state index contributed by atoms with van der Waals surface area (Å²) in [6, 6.07) is 20.1. The lowest BCUT2D eigenvalue weighted by atomic mass is 9.99. The van der Waals surface area contributed by atoms with Gasteiger partial charge in [-0.05, 0) is 64.7 Å². The van der Waals surface area contributed by atoms with Crippen LogP contribution in [0.5, 0.6) is 5.75 Å². The van der Waals surface area contributed by atoms with Crippen molar-refractivity contribution in [3.63, 3.8) is 0 Å². The molecule has 1 aliphatic rings. The van der Waals surface area contributed by atoms with Gasteiger partial charge in [0.1, 0.15) is 18.4 Å². The maximum absolute atomic E-state index is 14.2. The van der Waals surface area contributed by atoms with Gasteiger partial charge in [-0.2, -0.15) is 13.2 Å². The fraction of sp³-hybridized carbons (Fsp3) is 0.188. The standard InChI is InChI=1S/C32H26ClF3N2O6S/c33-23-9-7-21(8-10-23)26-14-13-25(19-27(26)32(34,35)36)45(42,43)38-28-4-2-1-3-22(28)18-29(38)31(41)37-15-16-44-24-11-5-20(6-12-24)17-30(39)40/h1-14,19,29H,15-18H2,(H,37,41)(H,39,40)/t29-/m0/s1. The highest BCUT2D eigenvalue weighted by Gasteiger charge is 2.43. The molecule has 4 aromatic rings. The number of hydrogen-bond donors (Lipinski definition) is 2. The van der Waals surface area contributed by atoms with Crippen molar-refractivity contribution >= 4 is 39.2 Å². The number of anilines is 1. The Balaban J connectivity index is 1.37. The zero-order valence-corrected chi connectivity index (χ0v) is 25.0. The molecule has 0 radical (unpaired) electrons. The average molecular weight is 659 g/mol. The molecule has 1 atom stereocenters. The number of carbonyl (C=O) groups is 2. The van der Waals surface area contributed by atoms with Gasteiger partial charge in [-0.3, -0.25) is 13.9 Å². The van der Waals surface area contributed by atoms with E-state index in [1.807, 2.05) is 0 Å². The minimum absolute atomic E-state index is 0.00442. The predicted molar refractivity (Wildman–Crippen MR) is 162 cm³/mol. The molecular weight excluding hydrogens is 633 g/mol. The Kier molecular flexibility index (Phi) is 9.08. The molecule has 0 fully saturated rings. The summed E-state index contributed by atoms with van der Waals surface area (Å²) in [6.45, 7) is 0.0298. The van der Waals surface area contributed by atoms with Crippen LogP contribution in [0.3, 0.4) is 0 Å². The Labute approximate surface area is 262 Å². The summed E-state index contributed by atoms with van der Waals surface area (Å²) < 4.78 is 77.2. The van der Waals surface area contributed by atoms with Crippen LogP contribution in [-0.2, 0) is 38.6 Å². The number of nitrogens with one attached hydrogen (secondary N) is 1. The normalized spacial score (nSPS) is 14.6. The van der Waals surface area contributed by atoms with E-state index in [1.165, 1.54) is 30.3 Å². The second-order valence-electron chi connectivity index (χ2n) is 10.2. The minimum Gasteiger partial charge on any atom is -0.492 e. The van der Waals surface area contributed by atoms with Crippen molar-refractivity contribution < 1.29 is 41.0 Å². The van der Waals surface area contributed by atoms with E-state index in [2.05, 4.69) is 5.32 Å². The zero-order chi connectivity index (χ0) is 32.4. The highest BCUT2D eigenvalue weighted by atomic mass is 35.5. The number of hydrogen-bond acceptors (Lipinski definition) is 5. The van der Waals surface area contributed by atoms with Gasteiger partial charge in [0.25, 0.3) is 10.0 Å². The Morgan fingerprint density at radius 2 is 1.67 bits per heavy atom. The second kappa shape index (κ2) is 12.8. The van der Waals surface area contributed by atoms with Gasteiger partial charge >= 0.3 is 12.1 Å². The molecule has 0 spiro atoms. The number of ether oxygens (including phenoxy) is 1. The number of fused-ring (bicyclic) bond motifs is 1. The molecular formula is C32H26ClF3N2O6S. The monoisotopic (exact) mass is 658 g/mol. The largest absolute Gasteiger partial charge is 0.492 e. The molecule has 5 rings (SSSR count). The van der Waals surface area contributed by atoms with Crippen molar-refractivity contribution in [1.29, 1.82) is 0 Å². The summed E-state index contributed by atoms with van der Waals surface area (Å²) in [7, 11) is -4.64. The van der Waals surface area contributed by atoms with Gasteiger partial charge in [-0.25, -0.2) is 8.42 Å². The van der Waals surface area contributed by atoms with Crippen LogP contribution in [0, 0.1) is 0 Å². The molecule has 1 amide bonds. The number of carboxylic acids is 1. The van der Waals surface area contributed by atoms with Gasteiger partial charge in [0.2, 0.25) is 5.91 Å². The number of rotatable bonds is 10. The van der Waals surface area contributed by atoms with Crippen LogP contribution in [-0.4, -0.2) is 44.6 Å². The van der Waals surface area contributed by atoms with Gasteiger partial charge in [-0.1, -0.05) is 60.1 Å². The maximum Gasteiger partial charge on any atom is 0.417 e. The fourth-order valence-corrected chi connectivity index (χ4v) is 6.91. The van der Waals surface area contributed by atoms with Crippen LogP contribution in [0.15, 0.2) is 95.9 Å². The number of halogens is 4. The van der Waals surface area contributed by atoms with E-state index >= 15 is 0 Å². The summed E-state index contributed by atoms with van der Waals surface area (Å²) in [6.07, 6.45) is -5.00. The van der Waals surface area contributed by atoms with Crippen LogP contribution >= 0.6 is 11.6 Å². The van der Waals surface area contributed by atoms with Gasteiger partial charge in [0.05, 0.1) is 29.1 Å². The molecule has 0 saturated carbocycles. The molecule has 4 aromatic carbocycles. The third-order valence-electron chi connectivity index (χ3n) is 7.19. The van der Waals surface area contributed by atoms with Crippen LogP contribution in [0.4, 0.5) is 18.9 Å². The summed E-state index contributed by atoms with van der Waals surface area (Å²) in [5, 5.41) is 11.9. The number of carboxylic acid groups (broad SMARTS) is 1. The van der Waals surface area contributed by atoms with Crippen LogP contribution in [0.25, 0.3) is 11.1 Å². The van der Waals surface area contributed by atoms with Gasteiger partial charge in [0, 0.05) is 11.4 Å². The van der Waals surface area contributed by atoms with Crippen molar-refractivity contribution in [3.05, 3.63) is 113 Å². The smallest absolute Gasteiger partial charge is 0.417 e. The Morgan fingerprint density at radius 3 is 2.33 bits per heavy atom. The first-order valence-electron chi connectivity index (χ1n) is 13.7. The summed E-state index contributed by atoms with van der Waals surface area (Å²) >= 11 is 5.89. The highest BCUT2D eigenvalue weighted by molar-refractivity contribution is 7.93. The number of nitrogens with zero attached hydrogens (tertiary/aromatic N) is 1. The number of amides is 1. The van der Waals surface area contributed by atoms with Gasteiger partial charge in [-0.15, -0.1) is 0 Å². The molecule has 0 aliphatic carbocycles. The van der Waals surface area contributed by atoms with E-state index in [1.54, 1.807) is 42.5 Å². The molecule has 13 heteroatoms. The van der Waals surface area contributed by atoms with Crippen LogP contribution < -0.4 is 14.4 Å². The Morgan fingerprint density at radius 1 is 0.978 bits per heavy atom. The fourth-order valence-electron chi connectivity index (χ4n) is 5.11. The molecule has 1 aliphatic heterocycles. The topological polar surface area (TPSA) is 113 Å². The van der Waals surface area contributed by atoms with E-state index < -0.39 is 44.6 Å². The SMILES string of the molecule is O=C(O)Cc1ccc(OCCNC(=O)[C@@H]2Cc3ccccc3N2S(=O)(=O)c2ccc(-c3ccc(Cl)cc3)c(C(F)(F)F)c2)cc1. The molecule has 0 saturated heterocycles. The van der Waals surface area contributed by atoms with Crippen molar-refractivity contribution in [1.82, 2.24) is 5.32 Å². The molecule has 45 heavy (non-hydrogen) atoms. The molecule has 0 unspecified atom stereocenters. The van der Waals surface area contributed by atoms with Crippen LogP contribution in [0.1, 0.15) is 16.7 Å². The summed E-state index contributed by atoms with van der Waals surface area (Å²) in [4.78, 5) is 23.6. The number of sulfonamides is 1. The number of aliphatic carboxylic acids is 1. The van der Waals surface area contributed by atoms with Crippen molar-refractivity contribution in [3.8, 4) is 16.9 Å². The zero-order valence-electron chi connectivity index (χ0n) is 23.4. The second-order valence-corrected chi connectivity index (χ2v) is 12.5. The van der Waals surface area contributed by atoms with Gasteiger partial charge in [0.15, 0.2) is 0 Å². The third kappa shape index (κ3) is 7.07. The lowest BCUT2D eigenvalue weighted by molar-refractivity contribution is -0.137. The average Bonchev–Trinajstić information content (AvgIpc) is 3.40. The predicted octanol–water partition coefficient (Wildman–Crippen LogP) is 5.97. The minimum atomic E-state index is -4.88. The van der Waals surface area contributed by atoms with Crippen LogP contribution in [0.2, 0.25) is 5.02 Å². The lowest BCUT2D eigenvalue weighted by Gasteiger charge is -2.27. The quantitative estimate of drug-likeness (QED) is 0.203. The van der Waals surface area contributed by atoms with E-state index in [0.717, 1.165) is 16.4 Å². The maximum atomic E-state index is 14.2. The number of para-hydroxylation sites is 1. The molecule has 0 bridgehead atoms. The van der Waals surface area contributed by atoms with Crippen molar-refractivity contribution in [2.24, 2.45) is 0 Å². The molecule has 2 N–H and O–H groups in total. The Hall–Kier alpha value is -4.55. The third-order valence-corrected chi connectivity index (χ3v) is 9.26. The van der Waals surface area contributed by atoms with Crippen molar-refractivity contribution in [2.45, 2.75) is 30.0 Å². The molecule has 234 valence electrons. The number of benzene rings is 4.